The van der Waals surface area contributed by atoms with Crippen LogP contribution in [0.15, 0.2) is 36.5 Å². The first kappa shape index (κ1) is 14.5. The Morgan fingerprint density at radius 3 is 2.75 bits per heavy atom. The zero-order valence-corrected chi connectivity index (χ0v) is 12.0. The van der Waals surface area contributed by atoms with Crippen LogP contribution in [-0.4, -0.2) is 17.4 Å². The molecule has 4 nitrogen and oxygen atoms in total. The van der Waals surface area contributed by atoms with Crippen LogP contribution in [0.5, 0.6) is 0 Å². The predicted octanol–water partition coefficient (Wildman–Crippen LogP) is 2.79. The van der Waals surface area contributed by atoms with E-state index in [1.54, 1.807) is 6.20 Å². The minimum absolute atomic E-state index is 0.0284. The molecule has 0 aliphatic heterocycles. The van der Waals surface area contributed by atoms with Crippen LogP contribution >= 0.6 is 0 Å². The molecule has 0 radical (unpaired) electrons. The van der Waals surface area contributed by atoms with Crippen molar-refractivity contribution in [2.45, 2.75) is 20.3 Å². The highest BCUT2D eigenvalue weighted by Gasteiger charge is 2.19. The number of amides is 1. The smallest absolute Gasteiger partial charge is 0.228 e. The number of nitrogens with two attached hydrogens (primary N) is 1. The van der Waals surface area contributed by atoms with Gasteiger partial charge >= 0.3 is 0 Å². The number of fused-ring (bicyclic) bond motifs is 1. The quantitative estimate of drug-likeness (QED) is 0.878. The topological polar surface area (TPSA) is 68.0 Å². The Kier molecular flexibility index (Phi) is 4.69. The summed E-state index contributed by atoms with van der Waals surface area (Å²) in [6.07, 6.45) is 2.52. The molecule has 1 heterocycles. The first-order valence-corrected chi connectivity index (χ1v) is 6.96. The van der Waals surface area contributed by atoms with Crippen molar-refractivity contribution >= 4 is 22.5 Å². The van der Waals surface area contributed by atoms with Gasteiger partial charge in [0, 0.05) is 18.1 Å². The van der Waals surface area contributed by atoms with Gasteiger partial charge in [0.25, 0.3) is 0 Å². The third-order valence-electron chi connectivity index (χ3n) is 3.30. The summed E-state index contributed by atoms with van der Waals surface area (Å²) in [4.78, 5) is 16.6. The standard InChI is InChI=1S/C16H21N3O/c1-11(2)9-13(10-17)16(20)19-14-7-3-5-12-6-4-8-18-15(12)14/h3-8,11,13H,9-10,17H2,1-2H3,(H,19,20). The maximum atomic E-state index is 12.3. The van der Waals surface area contributed by atoms with Crippen molar-refractivity contribution in [2.24, 2.45) is 17.6 Å². The second-order valence-electron chi connectivity index (χ2n) is 5.43. The predicted molar refractivity (Wildman–Crippen MR) is 82.4 cm³/mol. The molecule has 1 atom stereocenters. The van der Waals surface area contributed by atoms with Crippen LogP contribution in [0.2, 0.25) is 0 Å². The van der Waals surface area contributed by atoms with Gasteiger partial charge in [0.15, 0.2) is 0 Å². The zero-order valence-electron chi connectivity index (χ0n) is 12.0. The highest BCUT2D eigenvalue weighted by Crippen LogP contribution is 2.22. The minimum Gasteiger partial charge on any atom is -0.330 e. The van der Waals surface area contributed by atoms with Crippen molar-refractivity contribution in [1.82, 2.24) is 4.98 Å². The van der Waals surface area contributed by atoms with Crippen molar-refractivity contribution in [1.29, 1.82) is 0 Å². The molecule has 1 unspecified atom stereocenters. The number of nitrogens with one attached hydrogen (secondary N) is 1. The molecule has 1 aromatic heterocycles. The Balaban J connectivity index is 2.21. The number of hydrogen-bond acceptors (Lipinski definition) is 3. The number of hydrogen-bond donors (Lipinski definition) is 2. The Morgan fingerprint density at radius 2 is 2.05 bits per heavy atom. The Hall–Kier alpha value is -1.94. The maximum absolute atomic E-state index is 12.3. The number of nitrogens with zero attached hydrogens (tertiary/aromatic N) is 1. The lowest BCUT2D eigenvalue weighted by Crippen LogP contribution is -2.30. The third kappa shape index (κ3) is 3.33. The molecule has 0 saturated heterocycles. The van der Waals surface area contributed by atoms with E-state index in [-0.39, 0.29) is 11.8 Å². The molecular weight excluding hydrogens is 250 g/mol. The third-order valence-corrected chi connectivity index (χ3v) is 3.30. The number of benzene rings is 1. The highest BCUT2D eigenvalue weighted by atomic mass is 16.1. The summed E-state index contributed by atoms with van der Waals surface area (Å²) in [7, 11) is 0. The molecular formula is C16H21N3O. The van der Waals surface area contributed by atoms with Gasteiger partial charge in [0.2, 0.25) is 5.91 Å². The molecule has 0 saturated carbocycles. The second-order valence-corrected chi connectivity index (χ2v) is 5.43. The molecule has 0 bridgehead atoms. The minimum atomic E-state index is -0.158. The van der Waals surface area contributed by atoms with Crippen LogP contribution < -0.4 is 11.1 Å². The summed E-state index contributed by atoms with van der Waals surface area (Å²) in [6.45, 7) is 4.55. The Labute approximate surface area is 119 Å². The van der Waals surface area contributed by atoms with Crippen LogP contribution in [-0.2, 0) is 4.79 Å². The van der Waals surface area contributed by atoms with Gasteiger partial charge in [0.1, 0.15) is 0 Å². The lowest BCUT2D eigenvalue weighted by molar-refractivity contribution is -0.120. The second kappa shape index (κ2) is 6.48. The number of para-hydroxylation sites is 1. The summed E-state index contributed by atoms with van der Waals surface area (Å²) in [5, 5.41) is 3.97. The molecule has 20 heavy (non-hydrogen) atoms. The number of rotatable bonds is 5. The van der Waals surface area contributed by atoms with Crippen molar-refractivity contribution in [3.8, 4) is 0 Å². The van der Waals surface area contributed by atoms with E-state index >= 15 is 0 Å². The van der Waals surface area contributed by atoms with E-state index in [1.165, 1.54) is 0 Å². The number of carbonyl (C=O) groups excluding carboxylic acids is 1. The molecule has 3 N–H and O–H groups in total. The van der Waals surface area contributed by atoms with E-state index < -0.39 is 0 Å². The zero-order chi connectivity index (χ0) is 14.5. The van der Waals surface area contributed by atoms with Crippen LogP contribution in [0, 0.1) is 11.8 Å². The number of pyridine rings is 1. The molecule has 1 amide bonds. The maximum Gasteiger partial charge on any atom is 0.228 e. The lowest BCUT2D eigenvalue weighted by atomic mass is 9.96. The van der Waals surface area contributed by atoms with E-state index in [4.69, 9.17) is 5.73 Å². The van der Waals surface area contributed by atoms with Crippen molar-refractivity contribution in [2.75, 3.05) is 11.9 Å². The van der Waals surface area contributed by atoms with Gasteiger partial charge in [-0.3, -0.25) is 9.78 Å². The van der Waals surface area contributed by atoms with Gasteiger partial charge in [-0.1, -0.05) is 32.0 Å². The lowest BCUT2D eigenvalue weighted by Gasteiger charge is -2.17. The van der Waals surface area contributed by atoms with Gasteiger partial charge in [-0.2, -0.15) is 0 Å². The Bertz CT molecular complexity index is 590. The molecule has 0 aliphatic rings. The molecule has 2 rings (SSSR count). The fourth-order valence-electron chi connectivity index (χ4n) is 2.32. The van der Waals surface area contributed by atoms with Crippen LogP contribution in [0.3, 0.4) is 0 Å². The fourth-order valence-corrected chi connectivity index (χ4v) is 2.32. The first-order valence-electron chi connectivity index (χ1n) is 6.96. The highest BCUT2D eigenvalue weighted by molar-refractivity contribution is 6.01. The largest absolute Gasteiger partial charge is 0.330 e. The van der Waals surface area contributed by atoms with E-state index in [1.807, 2.05) is 30.3 Å². The van der Waals surface area contributed by atoms with Gasteiger partial charge in [-0.15, -0.1) is 0 Å². The average Bonchev–Trinajstić information content (AvgIpc) is 2.45. The Morgan fingerprint density at radius 1 is 1.30 bits per heavy atom. The van der Waals surface area contributed by atoms with Crippen LogP contribution in [0.25, 0.3) is 10.9 Å². The average molecular weight is 271 g/mol. The van der Waals surface area contributed by atoms with Crippen molar-refractivity contribution in [3.05, 3.63) is 36.5 Å². The van der Waals surface area contributed by atoms with Gasteiger partial charge in [-0.25, -0.2) is 0 Å². The normalized spacial score (nSPS) is 12.6. The molecule has 1 aromatic carbocycles. The van der Waals surface area contributed by atoms with Crippen LogP contribution in [0.4, 0.5) is 5.69 Å². The number of aromatic nitrogens is 1. The SMILES string of the molecule is CC(C)CC(CN)C(=O)Nc1cccc2cccnc12. The number of carbonyl (C=O) groups is 1. The molecule has 0 aliphatic carbocycles. The van der Waals surface area contributed by atoms with E-state index in [0.29, 0.717) is 12.5 Å². The van der Waals surface area contributed by atoms with E-state index in [0.717, 1.165) is 23.0 Å². The summed E-state index contributed by atoms with van der Waals surface area (Å²) in [5.74, 6) is 0.258. The molecule has 106 valence electrons. The van der Waals surface area contributed by atoms with E-state index in [9.17, 15) is 4.79 Å². The van der Waals surface area contributed by atoms with Gasteiger partial charge in [0.05, 0.1) is 17.1 Å². The van der Waals surface area contributed by atoms with Gasteiger partial charge in [-0.05, 0) is 24.5 Å². The summed E-state index contributed by atoms with van der Waals surface area (Å²) < 4.78 is 0. The fraction of sp³-hybridized carbons (Fsp3) is 0.375. The van der Waals surface area contributed by atoms with Crippen molar-refractivity contribution in [3.63, 3.8) is 0 Å². The van der Waals surface area contributed by atoms with Gasteiger partial charge < -0.3 is 11.1 Å². The molecule has 0 fully saturated rings. The summed E-state index contributed by atoms with van der Waals surface area (Å²) in [6, 6.07) is 9.63. The van der Waals surface area contributed by atoms with Crippen molar-refractivity contribution < 1.29 is 4.79 Å². The molecule has 4 heteroatoms. The molecule has 2 aromatic rings. The number of anilines is 1. The van der Waals surface area contributed by atoms with E-state index in [2.05, 4.69) is 24.1 Å². The summed E-state index contributed by atoms with van der Waals surface area (Å²) in [5.41, 5.74) is 7.27. The first-order chi connectivity index (χ1) is 9.61. The van der Waals surface area contributed by atoms with Crippen LogP contribution in [0.1, 0.15) is 20.3 Å². The monoisotopic (exact) mass is 271 g/mol. The summed E-state index contributed by atoms with van der Waals surface area (Å²) >= 11 is 0. The molecule has 0 spiro atoms.